The van der Waals surface area contributed by atoms with Gasteiger partial charge in [0.05, 0.1) is 0 Å². The molecule has 0 saturated carbocycles. The third kappa shape index (κ3) is 2.84. The summed E-state index contributed by atoms with van der Waals surface area (Å²) in [5.74, 6) is 0. The fraction of sp³-hybridized carbons (Fsp3) is 0.267. The van der Waals surface area contributed by atoms with Crippen molar-refractivity contribution in [1.82, 2.24) is 4.98 Å². The van der Waals surface area contributed by atoms with E-state index in [1.54, 1.807) is 0 Å². The van der Waals surface area contributed by atoms with Gasteiger partial charge in [0.1, 0.15) is 0 Å². The van der Waals surface area contributed by atoms with Crippen LogP contribution in [0.4, 0.5) is 0 Å². The molecule has 0 saturated heterocycles. The van der Waals surface area contributed by atoms with E-state index in [1.165, 1.54) is 0 Å². The lowest BCUT2D eigenvalue weighted by Gasteiger charge is -2.02. The molecular formula is C15H19NO. The summed E-state index contributed by atoms with van der Waals surface area (Å²) in [7, 11) is 0. The fourth-order valence-corrected chi connectivity index (χ4v) is 1.80. The molecule has 0 radical (unpaired) electrons. The van der Waals surface area contributed by atoms with E-state index in [2.05, 4.69) is 4.98 Å². The Balaban J connectivity index is 3.63. The monoisotopic (exact) mass is 229 g/mol. The molecule has 1 aromatic rings. The van der Waals surface area contributed by atoms with Crippen LogP contribution >= 0.6 is 0 Å². The van der Waals surface area contributed by atoms with E-state index in [0.717, 1.165) is 21.7 Å². The van der Waals surface area contributed by atoms with E-state index in [-0.39, 0.29) is 5.56 Å². The molecule has 0 aliphatic rings. The topological polar surface area (TPSA) is 32.9 Å². The lowest BCUT2D eigenvalue weighted by molar-refractivity contribution is 1.15. The largest absolute Gasteiger partial charge is 0.321 e. The van der Waals surface area contributed by atoms with E-state index < -0.39 is 0 Å². The Hall–Kier alpha value is -1.83. The van der Waals surface area contributed by atoms with Gasteiger partial charge in [0.2, 0.25) is 0 Å². The average molecular weight is 229 g/mol. The van der Waals surface area contributed by atoms with Crippen LogP contribution in [0.25, 0.3) is 17.7 Å². The van der Waals surface area contributed by atoms with Crippen molar-refractivity contribution >= 4 is 17.7 Å². The number of nitrogens with one attached hydrogen (secondary N) is 1. The lowest BCUT2D eigenvalue weighted by Crippen LogP contribution is -2.40. The summed E-state index contributed by atoms with van der Waals surface area (Å²) in [5, 5.41) is 1.70. The summed E-state index contributed by atoms with van der Waals surface area (Å²) in [5.41, 5.74) is 1.84. The first kappa shape index (κ1) is 13.2. The smallest absolute Gasteiger partial charge is 0.255 e. The van der Waals surface area contributed by atoms with Crippen LogP contribution in [-0.2, 0) is 0 Å². The molecule has 90 valence electrons. The second-order valence-electron chi connectivity index (χ2n) is 3.70. The van der Waals surface area contributed by atoms with Crippen LogP contribution < -0.4 is 16.0 Å². The number of rotatable bonds is 2. The van der Waals surface area contributed by atoms with E-state index >= 15 is 0 Å². The van der Waals surface area contributed by atoms with Crippen LogP contribution in [0.5, 0.6) is 0 Å². The maximum atomic E-state index is 11.9. The molecule has 0 aliphatic carbocycles. The minimum absolute atomic E-state index is 0.0399. The highest BCUT2D eigenvalue weighted by atomic mass is 16.1. The Bertz CT molecular complexity index is 615. The molecule has 2 nitrogen and oxygen atoms in total. The molecular weight excluding hydrogens is 210 g/mol. The summed E-state index contributed by atoms with van der Waals surface area (Å²) >= 11 is 0. The Kier molecular flexibility index (Phi) is 4.70. The zero-order valence-electron chi connectivity index (χ0n) is 10.9. The molecule has 0 fully saturated rings. The van der Waals surface area contributed by atoms with Crippen LogP contribution in [0.2, 0.25) is 0 Å². The van der Waals surface area contributed by atoms with Gasteiger partial charge >= 0.3 is 0 Å². The second kappa shape index (κ2) is 6.04. The average Bonchev–Trinajstić information content (AvgIpc) is 2.34. The molecule has 0 aromatic carbocycles. The van der Waals surface area contributed by atoms with Crippen LogP contribution in [0.1, 0.15) is 33.4 Å². The molecule has 0 unspecified atom stereocenters. The molecule has 0 atom stereocenters. The minimum Gasteiger partial charge on any atom is -0.321 e. The maximum Gasteiger partial charge on any atom is 0.255 e. The summed E-state index contributed by atoms with van der Waals surface area (Å²) in [6.45, 7) is 7.74. The first-order valence-corrected chi connectivity index (χ1v) is 5.83. The lowest BCUT2D eigenvalue weighted by atomic mass is 10.1. The quantitative estimate of drug-likeness (QED) is 0.773. The molecule has 1 aromatic heterocycles. The highest BCUT2D eigenvalue weighted by molar-refractivity contribution is 5.71. The molecule has 1 heterocycles. The third-order valence-electron chi connectivity index (χ3n) is 2.67. The molecule has 0 spiro atoms. The predicted molar refractivity (Wildman–Crippen MR) is 75.1 cm³/mol. The number of hydrogen-bond donors (Lipinski definition) is 1. The zero-order valence-corrected chi connectivity index (χ0v) is 10.9. The minimum atomic E-state index is -0.0399. The van der Waals surface area contributed by atoms with Crippen molar-refractivity contribution in [3.05, 3.63) is 50.8 Å². The second-order valence-corrected chi connectivity index (χ2v) is 3.70. The van der Waals surface area contributed by atoms with E-state index in [4.69, 9.17) is 0 Å². The van der Waals surface area contributed by atoms with Gasteiger partial charge in [0.25, 0.3) is 5.56 Å². The van der Waals surface area contributed by atoms with Gasteiger partial charge < -0.3 is 4.98 Å². The van der Waals surface area contributed by atoms with Crippen LogP contribution in [0.3, 0.4) is 0 Å². The number of hydrogen-bond acceptors (Lipinski definition) is 1. The van der Waals surface area contributed by atoms with Gasteiger partial charge in [-0.3, -0.25) is 4.79 Å². The fourth-order valence-electron chi connectivity index (χ4n) is 1.80. The van der Waals surface area contributed by atoms with Crippen LogP contribution in [0.15, 0.2) is 29.1 Å². The Morgan fingerprint density at radius 1 is 1.18 bits per heavy atom. The standard InChI is InChI=1S/C15H19NO/c1-5-9-11(6-2)14-10-12(7-3)13(8-4)15(17)16-14/h5-10H,1-4H3,(H,16,17)/b9-5-,11-6+,12-7-,13-8+. The van der Waals surface area contributed by atoms with Crippen LogP contribution in [0, 0.1) is 0 Å². The van der Waals surface area contributed by atoms with Crippen molar-refractivity contribution in [2.45, 2.75) is 27.7 Å². The molecule has 0 amide bonds. The highest BCUT2D eigenvalue weighted by Gasteiger charge is 2.00. The SMILES string of the molecule is C/C=C\C(=C/C)c1cc(=C/C)/c(=C\C)c(=O)[nH]1. The van der Waals surface area contributed by atoms with Gasteiger partial charge in [0, 0.05) is 10.9 Å². The summed E-state index contributed by atoms with van der Waals surface area (Å²) in [6.07, 6.45) is 9.73. The summed E-state index contributed by atoms with van der Waals surface area (Å²) in [6, 6.07) is 2.01. The van der Waals surface area contributed by atoms with Gasteiger partial charge in [-0.15, -0.1) is 0 Å². The summed E-state index contributed by atoms with van der Waals surface area (Å²) in [4.78, 5) is 14.8. The molecule has 1 rings (SSSR count). The number of aromatic nitrogens is 1. The molecule has 0 aliphatic heterocycles. The maximum absolute atomic E-state index is 11.9. The van der Waals surface area contributed by atoms with Crippen molar-refractivity contribution in [3.63, 3.8) is 0 Å². The van der Waals surface area contributed by atoms with E-state index in [1.807, 2.05) is 64.1 Å². The van der Waals surface area contributed by atoms with Crippen molar-refractivity contribution in [3.8, 4) is 0 Å². The van der Waals surface area contributed by atoms with Crippen molar-refractivity contribution in [2.75, 3.05) is 0 Å². The first-order valence-electron chi connectivity index (χ1n) is 5.83. The van der Waals surface area contributed by atoms with Crippen molar-refractivity contribution in [1.29, 1.82) is 0 Å². The molecule has 1 N–H and O–H groups in total. The van der Waals surface area contributed by atoms with Gasteiger partial charge in [-0.05, 0) is 44.6 Å². The van der Waals surface area contributed by atoms with Gasteiger partial charge in [-0.25, -0.2) is 0 Å². The van der Waals surface area contributed by atoms with E-state index in [0.29, 0.717) is 0 Å². The first-order chi connectivity index (χ1) is 8.17. The van der Waals surface area contributed by atoms with Crippen LogP contribution in [-0.4, -0.2) is 4.98 Å². The molecule has 2 heteroatoms. The highest BCUT2D eigenvalue weighted by Crippen LogP contribution is 2.09. The summed E-state index contributed by atoms with van der Waals surface area (Å²) < 4.78 is 0. The van der Waals surface area contributed by atoms with Crippen molar-refractivity contribution in [2.24, 2.45) is 0 Å². The third-order valence-corrected chi connectivity index (χ3v) is 2.67. The molecule has 17 heavy (non-hydrogen) atoms. The zero-order chi connectivity index (χ0) is 12.8. The normalized spacial score (nSPS) is 14.9. The van der Waals surface area contributed by atoms with Gasteiger partial charge in [-0.1, -0.05) is 30.4 Å². The van der Waals surface area contributed by atoms with Crippen molar-refractivity contribution < 1.29 is 0 Å². The van der Waals surface area contributed by atoms with Gasteiger partial charge in [-0.2, -0.15) is 0 Å². The Morgan fingerprint density at radius 2 is 1.88 bits per heavy atom. The Morgan fingerprint density at radius 3 is 2.35 bits per heavy atom. The number of allylic oxidation sites excluding steroid dienone is 4. The van der Waals surface area contributed by atoms with Gasteiger partial charge in [0.15, 0.2) is 0 Å². The number of aromatic amines is 1. The molecule has 0 bridgehead atoms. The number of pyridine rings is 1. The number of H-pyrrole nitrogens is 1. The van der Waals surface area contributed by atoms with E-state index in [9.17, 15) is 4.79 Å². The Labute approximate surface area is 102 Å². The predicted octanol–water partition coefficient (Wildman–Crippen LogP) is 1.96.